The van der Waals surface area contributed by atoms with Crippen LogP contribution in [0.1, 0.15) is 12.8 Å². The lowest BCUT2D eigenvalue weighted by Crippen LogP contribution is -2.30. The largest absolute Gasteiger partial charge is 0.395 e. The second-order valence-corrected chi connectivity index (χ2v) is 4.12. The molecule has 0 amide bonds. The topological polar surface area (TPSA) is 118 Å². The number of aliphatic hydroxyl groups is 1. The minimum absolute atomic E-state index is 0.0216. The summed E-state index contributed by atoms with van der Waals surface area (Å²) in [6.45, 7) is 0.384. The Balaban J connectivity index is 2.34. The van der Waals surface area contributed by atoms with Gasteiger partial charge in [0.05, 0.1) is 23.7 Å². The van der Waals surface area contributed by atoms with Crippen LogP contribution >= 0.6 is 0 Å². The Kier molecular flexibility index (Phi) is 3.58. The third-order valence-corrected chi connectivity index (χ3v) is 2.78. The molecule has 8 heteroatoms. The van der Waals surface area contributed by atoms with Crippen molar-refractivity contribution < 1.29 is 10.0 Å². The number of nitrogens with zero attached hydrogens (tertiary/aromatic N) is 3. The Labute approximate surface area is 104 Å². The molecule has 0 spiro atoms. The van der Waals surface area contributed by atoms with Crippen LogP contribution in [0.5, 0.6) is 0 Å². The number of nitrogen functional groups attached to an aromatic ring is 1. The highest BCUT2D eigenvalue weighted by Crippen LogP contribution is 2.32. The first-order valence-corrected chi connectivity index (χ1v) is 5.66. The normalized spacial score (nSPS) is 14.3. The number of anilines is 2. The highest BCUT2D eigenvalue weighted by Gasteiger charge is 2.30. The van der Waals surface area contributed by atoms with E-state index < -0.39 is 4.92 Å². The van der Waals surface area contributed by atoms with Gasteiger partial charge in [0.25, 0.3) is 5.69 Å². The van der Waals surface area contributed by atoms with Gasteiger partial charge in [-0.1, -0.05) is 0 Å². The molecule has 0 radical (unpaired) electrons. The fourth-order valence-electron chi connectivity index (χ4n) is 1.81. The van der Waals surface area contributed by atoms with E-state index in [1.54, 1.807) is 0 Å². The van der Waals surface area contributed by atoms with Crippen molar-refractivity contribution >= 4 is 17.3 Å². The molecule has 1 aromatic heterocycles. The number of hydrogen-bond donors (Lipinski definition) is 3. The molecule has 1 aliphatic carbocycles. The molecule has 1 fully saturated rings. The lowest BCUT2D eigenvalue weighted by molar-refractivity contribution is -0.384. The minimum Gasteiger partial charge on any atom is -0.395 e. The molecule has 0 aliphatic heterocycles. The maximum atomic E-state index is 10.8. The second kappa shape index (κ2) is 5.15. The third kappa shape index (κ3) is 2.66. The van der Waals surface area contributed by atoms with E-state index in [-0.39, 0.29) is 18.1 Å². The van der Waals surface area contributed by atoms with Crippen LogP contribution in [0, 0.1) is 10.1 Å². The zero-order valence-electron chi connectivity index (χ0n) is 9.74. The van der Waals surface area contributed by atoms with Crippen LogP contribution in [0.4, 0.5) is 17.3 Å². The van der Waals surface area contributed by atoms with E-state index in [1.165, 1.54) is 12.1 Å². The van der Waals surface area contributed by atoms with Gasteiger partial charge in [-0.15, -0.1) is 0 Å². The molecule has 1 saturated carbocycles. The molecule has 98 valence electrons. The van der Waals surface area contributed by atoms with Crippen molar-refractivity contribution in [2.75, 3.05) is 23.5 Å². The molecule has 2 rings (SSSR count). The molecule has 0 aromatic carbocycles. The minimum atomic E-state index is -0.490. The molecule has 0 saturated heterocycles. The van der Waals surface area contributed by atoms with E-state index in [1.807, 2.05) is 4.90 Å². The fraction of sp³-hybridized carbons (Fsp3) is 0.500. The lowest BCUT2D eigenvalue weighted by atomic mass is 10.3. The van der Waals surface area contributed by atoms with Gasteiger partial charge in [0.15, 0.2) is 0 Å². The zero-order valence-corrected chi connectivity index (χ0v) is 9.74. The zero-order chi connectivity index (χ0) is 13.1. The highest BCUT2D eigenvalue weighted by molar-refractivity contribution is 5.56. The first kappa shape index (κ1) is 12.5. The quantitative estimate of drug-likeness (QED) is 0.377. The van der Waals surface area contributed by atoms with Crippen molar-refractivity contribution in [2.45, 2.75) is 18.9 Å². The van der Waals surface area contributed by atoms with Gasteiger partial charge in [-0.3, -0.25) is 10.1 Å². The summed E-state index contributed by atoms with van der Waals surface area (Å²) >= 11 is 0. The van der Waals surface area contributed by atoms with Gasteiger partial charge >= 0.3 is 0 Å². The van der Waals surface area contributed by atoms with Gasteiger partial charge in [0, 0.05) is 12.6 Å². The number of nitro groups is 1. The van der Waals surface area contributed by atoms with E-state index in [0.717, 1.165) is 12.8 Å². The van der Waals surface area contributed by atoms with E-state index in [9.17, 15) is 10.1 Å². The molecule has 1 aromatic rings. The summed E-state index contributed by atoms with van der Waals surface area (Å²) in [5.41, 5.74) is 2.24. The fourth-order valence-corrected chi connectivity index (χ4v) is 1.81. The maximum Gasteiger partial charge on any atom is 0.276 e. The maximum absolute atomic E-state index is 10.8. The van der Waals surface area contributed by atoms with Crippen LogP contribution in [0.25, 0.3) is 0 Å². The highest BCUT2D eigenvalue weighted by atomic mass is 16.6. The summed E-state index contributed by atoms with van der Waals surface area (Å²) in [5, 5.41) is 19.9. The SMILES string of the molecule is NNc1cc([N+](=O)[O-])cc(N(CCO)C2CC2)n1. The van der Waals surface area contributed by atoms with Gasteiger partial charge < -0.3 is 15.4 Å². The van der Waals surface area contributed by atoms with Crippen molar-refractivity contribution in [1.29, 1.82) is 0 Å². The number of nitrogens with two attached hydrogens (primary N) is 1. The Morgan fingerprint density at radius 2 is 2.33 bits per heavy atom. The summed E-state index contributed by atoms with van der Waals surface area (Å²) < 4.78 is 0. The van der Waals surface area contributed by atoms with Gasteiger partial charge in [0.2, 0.25) is 0 Å². The number of aromatic nitrogens is 1. The van der Waals surface area contributed by atoms with Crippen molar-refractivity contribution in [3.63, 3.8) is 0 Å². The molecule has 1 aliphatic rings. The Hall–Kier alpha value is -1.93. The molecule has 0 atom stereocenters. The van der Waals surface area contributed by atoms with Crippen molar-refractivity contribution in [1.82, 2.24) is 4.98 Å². The summed E-state index contributed by atoms with van der Waals surface area (Å²) in [7, 11) is 0. The van der Waals surface area contributed by atoms with Gasteiger partial charge in [-0.05, 0) is 12.8 Å². The van der Waals surface area contributed by atoms with Gasteiger partial charge in [-0.25, -0.2) is 10.8 Å². The van der Waals surface area contributed by atoms with Crippen LogP contribution in [-0.2, 0) is 0 Å². The lowest BCUT2D eigenvalue weighted by Gasteiger charge is -2.22. The average Bonchev–Trinajstić information content (AvgIpc) is 3.19. The molecule has 0 bridgehead atoms. The standard InChI is InChI=1S/C10H15N5O3/c11-13-9-5-8(15(17)18)6-10(12-9)14(3-4-16)7-1-2-7/h5-7,16H,1-4,11H2,(H,12,13). The summed E-state index contributed by atoms with van der Waals surface area (Å²) in [6.07, 6.45) is 2.02. The van der Waals surface area contributed by atoms with E-state index in [4.69, 9.17) is 10.9 Å². The number of pyridine rings is 1. The number of nitrogens with one attached hydrogen (secondary N) is 1. The second-order valence-electron chi connectivity index (χ2n) is 4.12. The monoisotopic (exact) mass is 253 g/mol. The van der Waals surface area contributed by atoms with Crippen LogP contribution in [0.2, 0.25) is 0 Å². The molecule has 0 unspecified atom stereocenters. The number of rotatable bonds is 6. The molecular weight excluding hydrogens is 238 g/mol. The Morgan fingerprint density at radius 3 is 2.83 bits per heavy atom. The Bertz CT molecular complexity index is 449. The smallest absolute Gasteiger partial charge is 0.276 e. The van der Waals surface area contributed by atoms with Crippen LogP contribution < -0.4 is 16.2 Å². The average molecular weight is 253 g/mol. The Morgan fingerprint density at radius 1 is 1.61 bits per heavy atom. The molecule has 8 nitrogen and oxygen atoms in total. The molecule has 4 N–H and O–H groups in total. The molecule has 1 heterocycles. The predicted molar refractivity (Wildman–Crippen MR) is 66.2 cm³/mol. The van der Waals surface area contributed by atoms with E-state index in [2.05, 4.69) is 10.4 Å². The number of hydrogen-bond acceptors (Lipinski definition) is 7. The van der Waals surface area contributed by atoms with Crippen LogP contribution in [0.3, 0.4) is 0 Å². The summed E-state index contributed by atoms with van der Waals surface area (Å²) in [4.78, 5) is 16.4. The van der Waals surface area contributed by atoms with Crippen LogP contribution in [-0.4, -0.2) is 34.2 Å². The summed E-state index contributed by atoms with van der Waals surface area (Å²) in [5.74, 6) is 5.96. The molecular formula is C10H15N5O3. The van der Waals surface area contributed by atoms with E-state index in [0.29, 0.717) is 18.4 Å². The summed E-state index contributed by atoms with van der Waals surface area (Å²) in [6, 6.07) is 2.97. The van der Waals surface area contributed by atoms with Gasteiger partial charge in [-0.2, -0.15) is 0 Å². The molecule has 18 heavy (non-hydrogen) atoms. The van der Waals surface area contributed by atoms with Crippen LogP contribution in [0.15, 0.2) is 12.1 Å². The third-order valence-electron chi connectivity index (χ3n) is 2.78. The van der Waals surface area contributed by atoms with Crippen molar-refractivity contribution in [3.8, 4) is 0 Å². The van der Waals surface area contributed by atoms with E-state index >= 15 is 0 Å². The first-order valence-electron chi connectivity index (χ1n) is 5.66. The van der Waals surface area contributed by atoms with Gasteiger partial charge in [0.1, 0.15) is 11.6 Å². The number of hydrazine groups is 1. The number of aliphatic hydroxyl groups excluding tert-OH is 1. The predicted octanol–water partition coefficient (Wildman–Crippen LogP) is 0.236. The first-order chi connectivity index (χ1) is 8.65. The van der Waals surface area contributed by atoms with Crippen molar-refractivity contribution in [3.05, 3.63) is 22.2 Å². The van der Waals surface area contributed by atoms with Crippen molar-refractivity contribution in [2.24, 2.45) is 5.84 Å².